The Balaban J connectivity index is 3.22. The highest BCUT2D eigenvalue weighted by Gasteiger charge is 2.23. The van der Waals surface area contributed by atoms with Crippen LogP contribution in [0.2, 0.25) is 0 Å². The molecule has 0 unspecified atom stereocenters. The zero-order valence-corrected chi connectivity index (χ0v) is 11.8. The molecule has 1 aromatic carbocycles. The van der Waals surface area contributed by atoms with Gasteiger partial charge >= 0.3 is 5.97 Å². The Morgan fingerprint density at radius 1 is 1.21 bits per heavy atom. The van der Waals surface area contributed by atoms with Gasteiger partial charge in [-0.05, 0) is 32.0 Å². The third kappa shape index (κ3) is 3.32. The number of likely N-dealkylation sites (N-methyl/N-ethyl adjacent to an activating group) is 2. The van der Waals surface area contributed by atoms with Gasteiger partial charge in [0.15, 0.2) is 0 Å². The van der Waals surface area contributed by atoms with Crippen LogP contribution < -0.4 is 5.32 Å². The molecule has 0 fully saturated rings. The second kappa shape index (κ2) is 6.33. The topological polar surface area (TPSA) is 69.6 Å². The Kier molecular flexibility index (Phi) is 5.06. The van der Waals surface area contributed by atoms with E-state index in [9.17, 15) is 14.7 Å². The number of aromatic carboxylic acids is 1. The zero-order valence-electron chi connectivity index (χ0n) is 11.8. The fourth-order valence-electron chi connectivity index (χ4n) is 1.93. The van der Waals surface area contributed by atoms with E-state index in [1.165, 1.54) is 4.90 Å². The minimum absolute atomic E-state index is 0.0984. The molecule has 5 nitrogen and oxygen atoms in total. The van der Waals surface area contributed by atoms with Gasteiger partial charge in [-0.25, -0.2) is 4.79 Å². The number of carbonyl (C=O) groups excluding carboxylic acids is 1. The summed E-state index contributed by atoms with van der Waals surface area (Å²) in [5.74, 6) is -1.32. The number of carboxylic acids is 1. The highest BCUT2D eigenvalue weighted by Crippen LogP contribution is 2.20. The lowest BCUT2D eigenvalue weighted by atomic mass is 9.96. The van der Waals surface area contributed by atoms with Crippen LogP contribution in [0.3, 0.4) is 0 Å². The van der Waals surface area contributed by atoms with Gasteiger partial charge in [-0.3, -0.25) is 4.79 Å². The highest BCUT2D eigenvalue weighted by atomic mass is 16.4. The van der Waals surface area contributed by atoms with Crippen LogP contribution in [0.5, 0.6) is 0 Å². The number of amides is 1. The number of rotatable bonds is 5. The van der Waals surface area contributed by atoms with E-state index in [4.69, 9.17) is 0 Å². The van der Waals surface area contributed by atoms with E-state index in [0.29, 0.717) is 24.2 Å². The number of aryl methyl sites for hydroxylation is 2. The van der Waals surface area contributed by atoms with E-state index >= 15 is 0 Å². The Bertz CT molecular complexity index is 498. The van der Waals surface area contributed by atoms with Gasteiger partial charge in [-0.15, -0.1) is 0 Å². The van der Waals surface area contributed by atoms with E-state index < -0.39 is 5.97 Å². The molecular weight excluding hydrogens is 244 g/mol. The number of carboxylic acid groups (broad SMARTS) is 1. The average Bonchev–Trinajstić information content (AvgIpc) is 2.36. The zero-order chi connectivity index (χ0) is 14.6. The lowest BCUT2D eigenvalue weighted by molar-refractivity contribution is 0.0680. The molecule has 0 saturated heterocycles. The molecule has 0 atom stereocenters. The first-order valence-electron chi connectivity index (χ1n) is 6.13. The summed E-state index contributed by atoms with van der Waals surface area (Å²) in [5.41, 5.74) is 1.67. The number of nitrogens with one attached hydrogen (secondary N) is 1. The van der Waals surface area contributed by atoms with Crippen molar-refractivity contribution >= 4 is 11.9 Å². The van der Waals surface area contributed by atoms with Crippen molar-refractivity contribution in [3.05, 3.63) is 34.4 Å². The second-order valence-corrected chi connectivity index (χ2v) is 4.58. The minimum atomic E-state index is -1.06. The number of hydrogen-bond donors (Lipinski definition) is 2. The summed E-state index contributed by atoms with van der Waals surface area (Å²) in [4.78, 5) is 25.3. The molecule has 0 aliphatic rings. The molecule has 1 amide bonds. The quantitative estimate of drug-likeness (QED) is 0.841. The normalized spacial score (nSPS) is 10.3. The molecule has 0 aliphatic heterocycles. The van der Waals surface area contributed by atoms with Crippen LogP contribution in [-0.4, -0.2) is 49.1 Å². The Morgan fingerprint density at radius 3 is 2.21 bits per heavy atom. The van der Waals surface area contributed by atoms with E-state index in [1.54, 1.807) is 40.1 Å². The van der Waals surface area contributed by atoms with E-state index in [-0.39, 0.29) is 17.0 Å². The third-order valence-electron chi connectivity index (χ3n) is 3.09. The van der Waals surface area contributed by atoms with Gasteiger partial charge in [0.05, 0.1) is 11.1 Å². The van der Waals surface area contributed by atoms with Crippen molar-refractivity contribution in [3.63, 3.8) is 0 Å². The van der Waals surface area contributed by atoms with Crippen molar-refractivity contribution in [2.24, 2.45) is 0 Å². The standard InChI is InChI=1S/C14H20N2O3/c1-9-5-6-10(2)12(14(18)19)11(9)13(17)16(4)8-7-15-3/h5-6,15H,7-8H2,1-4H3,(H,18,19). The fraction of sp³-hybridized carbons (Fsp3) is 0.429. The molecule has 104 valence electrons. The third-order valence-corrected chi connectivity index (χ3v) is 3.09. The van der Waals surface area contributed by atoms with Gasteiger partial charge in [0.1, 0.15) is 0 Å². The SMILES string of the molecule is CNCCN(C)C(=O)c1c(C)ccc(C)c1C(=O)O. The summed E-state index contributed by atoms with van der Waals surface area (Å²) >= 11 is 0. The molecule has 0 radical (unpaired) electrons. The van der Waals surface area contributed by atoms with E-state index in [1.807, 2.05) is 0 Å². The van der Waals surface area contributed by atoms with Crippen LogP contribution >= 0.6 is 0 Å². The number of carbonyl (C=O) groups is 2. The second-order valence-electron chi connectivity index (χ2n) is 4.58. The van der Waals surface area contributed by atoms with Gasteiger partial charge in [-0.2, -0.15) is 0 Å². The molecule has 0 saturated carbocycles. The molecule has 0 bridgehead atoms. The lowest BCUT2D eigenvalue weighted by Gasteiger charge is -2.20. The first-order valence-corrected chi connectivity index (χ1v) is 6.13. The molecule has 0 heterocycles. The van der Waals surface area contributed by atoms with Crippen LogP contribution in [-0.2, 0) is 0 Å². The number of hydrogen-bond acceptors (Lipinski definition) is 3. The van der Waals surface area contributed by atoms with Crippen molar-refractivity contribution in [1.82, 2.24) is 10.2 Å². The summed E-state index contributed by atoms with van der Waals surface area (Å²) < 4.78 is 0. The predicted octanol–water partition coefficient (Wildman–Crippen LogP) is 1.29. The molecule has 19 heavy (non-hydrogen) atoms. The molecule has 0 spiro atoms. The molecule has 1 aromatic rings. The minimum Gasteiger partial charge on any atom is -0.478 e. The van der Waals surface area contributed by atoms with Crippen molar-refractivity contribution in [2.45, 2.75) is 13.8 Å². The van der Waals surface area contributed by atoms with Crippen molar-refractivity contribution in [1.29, 1.82) is 0 Å². The maximum Gasteiger partial charge on any atom is 0.336 e. The lowest BCUT2D eigenvalue weighted by Crippen LogP contribution is -2.34. The summed E-state index contributed by atoms with van der Waals surface area (Å²) in [5, 5.41) is 12.3. The van der Waals surface area contributed by atoms with Crippen LogP contribution in [0.4, 0.5) is 0 Å². The van der Waals surface area contributed by atoms with Gasteiger partial charge in [0, 0.05) is 20.1 Å². The van der Waals surface area contributed by atoms with E-state index in [0.717, 1.165) is 0 Å². The summed E-state index contributed by atoms with van der Waals surface area (Å²) in [6, 6.07) is 3.50. The van der Waals surface area contributed by atoms with Crippen LogP contribution in [0.1, 0.15) is 31.8 Å². The molecule has 0 aliphatic carbocycles. The molecule has 2 N–H and O–H groups in total. The predicted molar refractivity (Wildman–Crippen MR) is 73.8 cm³/mol. The summed E-state index contributed by atoms with van der Waals surface area (Å²) in [6.45, 7) is 4.65. The monoisotopic (exact) mass is 264 g/mol. The average molecular weight is 264 g/mol. The van der Waals surface area contributed by atoms with Crippen molar-refractivity contribution < 1.29 is 14.7 Å². The van der Waals surface area contributed by atoms with Crippen LogP contribution in [0.25, 0.3) is 0 Å². The maximum atomic E-state index is 12.4. The Labute approximate surface area is 113 Å². The molecule has 5 heteroatoms. The van der Waals surface area contributed by atoms with E-state index in [2.05, 4.69) is 5.32 Å². The number of benzene rings is 1. The van der Waals surface area contributed by atoms with Crippen molar-refractivity contribution in [3.8, 4) is 0 Å². The summed E-state index contributed by atoms with van der Waals surface area (Å²) in [6.07, 6.45) is 0. The van der Waals surface area contributed by atoms with Gasteiger partial charge < -0.3 is 15.3 Å². The largest absolute Gasteiger partial charge is 0.478 e. The first kappa shape index (κ1) is 15.2. The van der Waals surface area contributed by atoms with Crippen molar-refractivity contribution in [2.75, 3.05) is 27.2 Å². The van der Waals surface area contributed by atoms with Gasteiger partial charge in [-0.1, -0.05) is 12.1 Å². The van der Waals surface area contributed by atoms with Gasteiger partial charge in [0.2, 0.25) is 0 Å². The highest BCUT2D eigenvalue weighted by molar-refractivity contribution is 6.06. The van der Waals surface area contributed by atoms with Crippen LogP contribution in [0.15, 0.2) is 12.1 Å². The Morgan fingerprint density at radius 2 is 1.74 bits per heavy atom. The fourth-order valence-corrected chi connectivity index (χ4v) is 1.93. The van der Waals surface area contributed by atoms with Gasteiger partial charge in [0.25, 0.3) is 5.91 Å². The molecule has 0 aromatic heterocycles. The maximum absolute atomic E-state index is 12.4. The molecule has 1 rings (SSSR count). The number of nitrogens with zero attached hydrogens (tertiary/aromatic N) is 1. The first-order chi connectivity index (χ1) is 8.90. The Hall–Kier alpha value is -1.88. The molecular formula is C14H20N2O3. The van der Waals surface area contributed by atoms with Crippen LogP contribution in [0, 0.1) is 13.8 Å². The smallest absolute Gasteiger partial charge is 0.336 e. The summed E-state index contributed by atoms with van der Waals surface area (Å²) in [7, 11) is 3.48.